The second kappa shape index (κ2) is 5.97. The summed E-state index contributed by atoms with van der Waals surface area (Å²) in [6.07, 6.45) is 1.83. The van der Waals surface area contributed by atoms with Crippen molar-refractivity contribution in [1.29, 1.82) is 0 Å². The zero-order chi connectivity index (χ0) is 13.9. The summed E-state index contributed by atoms with van der Waals surface area (Å²) in [5.74, 6) is -0.353. The molecule has 0 aliphatic carbocycles. The van der Waals surface area contributed by atoms with Crippen molar-refractivity contribution in [3.8, 4) is 0 Å². The van der Waals surface area contributed by atoms with E-state index < -0.39 is 0 Å². The van der Waals surface area contributed by atoms with Gasteiger partial charge < -0.3 is 11.1 Å². The molecule has 0 aliphatic rings. The van der Waals surface area contributed by atoms with Gasteiger partial charge in [0.25, 0.3) is 0 Å². The van der Waals surface area contributed by atoms with Crippen LogP contribution in [-0.4, -0.2) is 10.5 Å². The molecule has 100 valence electrons. The molecule has 0 aromatic heterocycles. The largest absolute Gasteiger partial charge is 0.389 e. The molecular formula is C13H18BrFN2S. The van der Waals surface area contributed by atoms with Gasteiger partial charge in [0, 0.05) is 11.1 Å². The molecule has 0 bridgehead atoms. The molecule has 0 spiro atoms. The van der Waals surface area contributed by atoms with Gasteiger partial charge in [0.1, 0.15) is 4.99 Å². The van der Waals surface area contributed by atoms with Crippen molar-refractivity contribution in [2.75, 3.05) is 5.32 Å². The lowest BCUT2D eigenvalue weighted by molar-refractivity contribution is 0.473. The standard InChI is InChI=1S/C13H18BrFN2S/c1-4-13(3,5-2)17-9-7-6-8(12(16)18)10(14)11(9)15/h6-7,17H,4-5H2,1-3H3,(H2,16,18). The van der Waals surface area contributed by atoms with Crippen LogP contribution >= 0.6 is 28.1 Å². The van der Waals surface area contributed by atoms with Crippen molar-refractivity contribution in [2.24, 2.45) is 5.73 Å². The molecule has 1 rings (SSSR count). The Kier molecular flexibility index (Phi) is 5.10. The summed E-state index contributed by atoms with van der Waals surface area (Å²) < 4.78 is 14.5. The normalized spacial score (nSPS) is 11.4. The highest BCUT2D eigenvalue weighted by atomic mass is 79.9. The number of nitrogens with two attached hydrogens (primary N) is 1. The summed E-state index contributed by atoms with van der Waals surface area (Å²) in [5.41, 5.74) is 6.39. The minimum Gasteiger partial charge on any atom is -0.389 e. The number of hydrogen-bond acceptors (Lipinski definition) is 2. The Bertz CT molecular complexity index is 459. The molecule has 0 unspecified atom stereocenters. The molecule has 1 aromatic carbocycles. The minimum absolute atomic E-state index is 0.120. The van der Waals surface area contributed by atoms with E-state index in [-0.39, 0.29) is 16.3 Å². The van der Waals surface area contributed by atoms with Crippen molar-refractivity contribution in [3.63, 3.8) is 0 Å². The third kappa shape index (κ3) is 3.20. The van der Waals surface area contributed by atoms with E-state index in [2.05, 4.69) is 42.0 Å². The summed E-state index contributed by atoms with van der Waals surface area (Å²) in [5, 5.41) is 3.24. The molecule has 0 radical (unpaired) electrons. The zero-order valence-corrected chi connectivity index (χ0v) is 13.2. The van der Waals surface area contributed by atoms with Crippen molar-refractivity contribution >= 4 is 38.8 Å². The van der Waals surface area contributed by atoms with Crippen LogP contribution in [0.4, 0.5) is 10.1 Å². The number of anilines is 1. The van der Waals surface area contributed by atoms with Crippen LogP contribution in [0, 0.1) is 5.82 Å². The van der Waals surface area contributed by atoms with Gasteiger partial charge in [0.15, 0.2) is 5.82 Å². The van der Waals surface area contributed by atoms with Gasteiger partial charge in [-0.15, -0.1) is 0 Å². The van der Waals surface area contributed by atoms with Crippen molar-refractivity contribution < 1.29 is 4.39 Å². The van der Waals surface area contributed by atoms with Crippen LogP contribution < -0.4 is 11.1 Å². The average Bonchev–Trinajstić information content (AvgIpc) is 2.34. The fourth-order valence-electron chi connectivity index (χ4n) is 1.59. The van der Waals surface area contributed by atoms with E-state index in [1.54, 1.807) is 12.1 Å². The number of halogens is 2. The van der Waals surface area contributed by atoms with Crippen molar-refractivity contribution in [2.45, 2.75) is 39.2 Å². The second-order valence-corrected chi connectivity index (χ2v) is 5.78. The molecule has 0 atom stereocenters. The van der Waals surface area contributed by atoms with Crippen LogP contribution in [0.2, 0.25) is 0 Å². The Morgan fingerprint density at radius 3 is 2.44 bits per heavy atom. The quantitative estimate of drug-likeness (QED) is 0.793. The summed E-state index contributed by atoms with van der Waals surface area (Å²) in [4.78, 5) is 0.182. The lowest BCUT2D eigenvalue weighted by Crippen LogP contribution is -2.33. The Morgan fingerprint density at radius 1 is 1.44 bits per heavy atom. The van der Waals surface area contributed by atoms with Crippen molar-refractivity contribution in [3.05, 3.63) is 28.0 Å². The van der Waals surface area contributed by atoms with Crippen LogP contribution in [0.3, 0.4) is 0 Å². The lowest BCUT2D eigenvalue weighted by atomic mass is 9.95. The van der Waals surface area contributed by atoms with E-state index in [1.807, 2.05) is 0 Å². The highest BCUT2D eigenvalue weighted by molar-refractivity contribution is 9.10. The number of nitrogens with one attached hydrogen (secondary N) is 1. The van der Waals surface area contributed by atoms with Crippen LogP contribution in [-0.2, 0) is 0 Å². The summed E-state index contributed by atoms with van der Waals surface area (Å²) >= 11 is 8.07. The first kappa shape index (κ1) is 15.4. The maximum atomic E-state index is 14.2. The number of hydrogen-bond donors (Lipinski definition) is 2. The molecule has 0 amide bonds. The Balaban J connectivity index is 3.13. The molecule has 3 N–H and O–H groups in total. The van der Waals surface area contributed by atoms with E-state index in [0.29, 0.717) is 15.7 Å². The van der Waals surface area contributed by atoms with Crippen LogP contribution in [0.5, 0.6) is 0 Å². The molecule has 2 nitrogen and oxygen atoms in total. The molecule has 0 fully saturated rings. The summed E-state index contributed by atoms with van der Waals surface area (Å²) in [7, 11) is 0. The first-order chi connectivity index (χ1) is 8.34. The molecule has 0 saturated heterocycles. The number of thiocarbonyl (C=S) groups is 1. The average molecular weight is 333 g/mol. The summed E-state index contributed by atoms with van der Waals surface area (Å²) in [6, 6.07) is 3.40. The Morgan fingerprint density at radius 2 is 2.00 bits per heavy atom. The fourth-order valence-corrected chi connectivity index (χ4v) is 2.45. The van der Waals surface area contributed by atoms with Gasteiger partial charge in [-0.1, -0.05) is 26.1 Å². The van der Waals surface area contributed by atoms with E-state index in [1.165, 1.54) is 0 Å². The molecule has 18 heavy (non-hydrogen) atoms. The second-order valence-electron chi connectivity index (χ2n) is 4.55. The Hall–Kier alpha value is -0.680. The van der Waals surface area contributed by atoms with Crippen LogP contribution in [0.15, 0.2) is 16.6 Å². The molecule has 0 aliphatic heterocycles. The highest BCUT2D eigenvalue weighted by Gasteiger charge is 2.22. The topological polar surface area (TPSA) is 38.0 Å². The predicted molar refractivity (Wildman–Crippen MR) is 82.6 cm³/mol. The van der Waals surface area contributed by atoms with Crippen molar-refractivity contribution in [1.82, 2.24) is 0 Å². The van der Waals surface area contributed by atoms with Gasteiger partial charge in [-0.25, -0.2) is 4.39 Å². The van der Waals surface area contributed by atoms with Gasteiger partial charge in [-0.2, -0.15) is 0 Å². The third-order valence-corrected chi connectivity index (χ3v) is 4.34. The third-order valence-electron chi connectivity index (χ3n) is 3.34. The lowest BCUT2D eigenvalue weighted by Gasteiger charge is -2.30. The molecule has 1 aromatic rings. The fraction of sp³-hybridized carbons (Fsp3) is 0.462. The van der Waals surface area contributed by atoms with Gasteiger partial charge >= 0.3 is 0 Å². The van der Waals surface area contributed by atoms with Gasteiger partial charge in [-0.3, -0.25) is 0 Å². The summed E-state index contributed by atoms with van der Waals surface area (Å²) in [6.45, 7) is 6.22. The van der Waals surface area contributed by atoms with Gasteiger partial charge in [0.2, 0.25) is 0 Å². The molecule has 0 saturated carbocycles. The number of rotatable bonds is 5. The Labute approximate surface area is 121 Å². The van der Waals surface area contributed by atoms with Gasteiger partial charge in [0.05, 0.1) is 10.2 Å². The first-order valence-electron chi connectivity index (χ1n) is 5.90. The minimum atomic E-state index is -0.353. The van der Waals surface area contributed by atoms with E-state index in [9.17, 15) is 4.39 Å². The predicted octanol–water partition coefficient (Wildman–Crippen LogP) is 4.21. The van der Waals surface area contributed by atoms with E-state index in [4.69, 9.17) is 18.0 Å². The van der Waals surface area contributed by atoms with Crippen LogP contribution in [0.1, 0.15) is 39.2 Å². The van der Waals surface area contributed by atoms with E-state index in [0.717, 1.165) is 12.8 Å². The molecule has 0 heterocycles. The monoisotopic (exact) mass is 332 g/mol. The molecular weight excluding hydrogens is 315 g/mol. The highest BCUT2D eigenvalue weighted by Crippen LogP contribution is 2.30. The van der Waals surface area contributed by atoms with E-state index >= 15 is 0 Å². The smallest absolute Gasteiger partial charge is 0.161 e. The van der Waals surface area contributed by atoms with Crippen LogP contribution in [0.25, 0.3) is 0 Å². The molecule has 5 heteroatoms. The maximum Gasteiger partial charge on any atom is 0.161 e. The SMILES string of the molecule is CCC(C)(CC)Nc1ccc(C(N)=S)c(Br)c1F. The zero-order valence-electron chi connectivity index (χ0n) is 10.8. The maximum absolute atomic E-state index is 14.2. The first-order valence-corrected chi connectivity index (χ1v) is 7.10. The van der Waals surface area contributed by atoms with Gasteiger partial charge in [-0.05, 0) is 47.8 Å². The number of benzene rings is 1.